The van der Waals surface area contributed by atoms with Gasteiger partial charge in [0.15, 0.2) is 0 Å². The maximum absolute atomic E-state index is 12.4. The second kappa shape index (κ2) is 10.9. The fourth-order valence-electron chi connectivity index (χ4n) is 3.78. The van der Waals surface area contributed by atoms with Crippen molar-refractivity contribution in [2.45, 2.75) is 44.2 Å². The van der Waals surface area contributed by atoms with E-state index in [4.69, 9.17) is 0 Å². The molecule has 1 amide bonds. The van der Waals surface area contributed by atoms with E-state index in [9.17, 15) is 10.1 Å². The summed E-state index contributed by atoms with van der Waals surface area (Å²) < 4.78 is 2.05. The van der Waals surface area contributed by atoms with Gasteiger partial charge in [-0.25, -0.2) is 4.98 Å². The number of aryl methyl sites for hydroxylation is 1. The maximum Gasteiger partial charge on any atom is 0.235 e. The van der Waals surface area contributed by atoms with Gasteiger partial charge in [0.05, 0.1) is 19.2 Å². The Kier molecular flexibility index (Phi) is 9.54. The normalized spacial score (nSPS) is 20.0. The molecule has 152 valence electrons. The molecule has 1 aliphatic heterocycles. The number of nitrogens with one attached hydrogen (secondary N) is 1. The van der Waals surface area contributed by atoms with Crippen molar-refractivity contribution in [2.24, 2.45) is 7.05 Å². The van der Waals surface area contributed by atoms with E-state index in [2.05, 4.69) is 26.2 Å². The lowest BCUT2D eigenvalue weighted by molar-refractivity contribution is -0.124. The number of carbonyl (C=O) groups excluding carboxylic acids is 1. The monoisotopic (exact) mass is 416 g/mol. The Bertz CT molecular complexity index is 630. The fraction of sp³-hybridized carbons (Fsp3) is 0.722. The molecule has 0 radical (unpaired) electrons. The van der Waals surface area contributed by atoms with E-state index in [1.165, 1.54) is 0 Å². The van der Waals surface area contributed by atoms with E-state index < -0.39 is 5.54 Å². The van der Waals surface area contributed by atoms with Crippen LogP contribution < -0.4 is 5.32 Å². The third-order valence-corrected chi connectivity index (χ3v) is 5.42. The van der Waals surface area contributed by atoms with Gasteiger partial charge < -0.3 is 9.88 Å². The number of nitrogens with zero attached hydrogens (tertiary/aromatic N) is 5. The molecule has 2 aliphatic rings. The first-order valence-electron chi connectivity index (χ1n) is 9.23. The second-order valence-electron chi connectivity index (χ2n) is 7.31. The number of imidazole rings is 1. The molecule has 0 atom stereocenters. The van der Waals surface area contributed by atoms with Gasteiger partial charge in [-0.05, 0) is 12.8 Å². The van der Waals surface area contributed by atoms with Crippen LogP contribution >= 0.6 is 24.8 Å². The second-order valence-corrected chi connectivity index (χ2v) is 7.31. The molecule has 7 nitrogen and oxygen atoms in total. The molecule has 27 heavy (non-hydrogen) atoms. The number of amides is 1. The molecule has 1 aliphatic carbocycles. The molecule has 0 aromatic carbocycles. The number of aromatic nitrogens is 2. The molecular formula is C18H30Cl2N6O. The molecule has 0 unspecified atom stereocenters. The molecule has 9 heteroatoms. The number of rotatable bonds is 5. The molecule has 1 saturated carbocycles. The lowest BCUT2D eigenvalue weighted by Gasteiger charge is -2.36. The molecule has 2 fully saturated rings. The van der Waals surface area contributed by atoms with Crippen molar-refractivity contribution in [3.8, 4) is 6.07 Å². The van der Waals surface area contributed by atoms with Crippen LogP contribution in [0.4, 0.5) is 0 Å². The Balaban J connectivity index is 0.00000182. The van der Waals surface area contributed by atoms with Gasteiger partial charge in [-0.1, -0.05) is 19.3 Å². The van der Waals surface area contributed by atoms with Crippen molar-refractivity contribution in [3.63, 3.8) is 0 Å². The Morgan fingerprint density at radius 3 is 2.37 bits per heavy atom. The smallest absolute Gasteiger partial charge is 0.235 e. The average Bonchev–Trinajstić information content (AvgIpc) is 3.02. The van der Waals surface area contributed by atoms with Crippen molar-refractivity contribution in [1.82, 2.24) is 24.7 Å². The zero-order valence-electron chi connectivity index (χ0n) is 15.9. The summed E-state index contributed by atoms with van der Waals surface area (Å²) >= 11 is 0. The highest BCUT2D eigenvalue weighted by Crippen LogP contribution is 2.27. The largest absolute Gasteiger partial charge is 0.337 e. The minimum Gasteiger partial charge on any atom is -0.337 e. The van der Waals surface area contributed by atoms with Crippen LogP contribution in [-0.4, -0.2) is 63.5 Å². The Morgan fingerprint density at radius 1 is 1.19 bits per heavy atom. The van der Waals surface area contributed by atoms with Gasteiger partial charge in [0.2, 0.25) is 5.91 Å². The summed E-state index contributed by atoms with van der Waals surface area (Å²) in [5, 5.41) is 12.5. The first kappa shape index (κ1) is 23.7. The topological polar surface area (TPSA) is 77.2 Å². The molecule has 1 aromatic rings. The van der Waals surface area contributed by atoms with E-state index in [-0.39, 0.29) is 30.7 Å². The van der Waals surface area contributed by atoms with Gasteiger partial charge in [0.1, 0.15) is 11.4 Å². The molecule has 1 aromatic heterocycles. The quantitative estimate of drug-likeness (QED) is 0.790. The summed E-state index contributed by atoms with van der Waals surface area (Å²) in [6, 6.07) is 2.35. The Hall–Kier alpha value is -1.33. The zero-order chi connectivity index (χ0) is 17.7. The van der Waals surface area contributed by atoms with Crippen molar-refractivity contribution in [1.29, 1.82) is 5.26 Å². The minimum atomic E-state index is -0.630. The van der Waals surface area contributed by atoms with Gasteiger partial charge >= 0.3 is 0 Å². The van der Waals surface area contributed by atoms with Gasteiger partial charge in [0.25, 0.3) is 0 Å². The molecule has 1 N–H and O–H groups in total. The minimum absolute atomic E-state index is 0. The van der Waals surface area contributed by atoms with Crippen LogP contribution in [0.5, 0.6) is 0 Å². The number of hydrogen-bond acceptors (Lipinski definition) is 5. The summed E-state index contributed by atoms with van der Waals surface area (Å²) in [7, 11) is 2.01. The third-order valence-electron chi connectivity index (χ3n) is 5.42. The SMILES string of the molecule is Cl.Cl.Cn1ccnc1CN1CCN(CC(=O)NC2(C#N)CCCCC2)CC1. The van der Waals surface area contributed by atoms with Crippen LogP contribution in [0.1, 0.15) is 37.9 Å². The number of piperazine rings is 1. The number of halogens is 2. The fourth-order valence-corrected chi connectivity index (χ4v) is 3.78. The Morgan fingerprint density at radius 2 is 1.81 bits per heavy atom. The van der Waals surface area contributed by atoms with Gasteiger partial charge in [-0.2, -0.15) is 5.26 Å². The van der Waals surface area contributed by atoms with Gasteiger partial charge in [-0.3, -0.25) is 14.6 Å². The highest BCUT2D eigenvalue weighted by Gasteiger charge is 2.34. The van der Waals surface area contributed by atoms with Gasteiger partial charge in [0, 0.05) is 45.6 Å². The van der Waals surface area contributed by atoms with Crippen LogP contribution in [0.2, 0.25) is 0 Å². The van der Waals surface area contributed by atoms with Crippen molar-refractivity contribution < 1.29 is 4.79 Å². The summed E-state index contributed by atoms with van der Waals surface area (Å²) in [6.07, 6.45) is 8.58. The highest BCUT2D eigenvalue weighted by atomic mass is 35.5. The first-order chi connectivity index (χ1) is 12.1. The number of nitriles is 1. The summed E-state index contributed by atoms with van der Waals surface area (Å²) in [4.78, 5) is 21.3. The molecule has 0 bridgehead atoms. The summed E-state index contributed by atoms with van der Waals surface area (Å²) in [5.41, 5.74) is -0.630. The molecule has 0 spiro atoms. The van der Waals surface area contributed by atoms with Crippen LogP contribution in [0.3, 0.4) is 0 Å². The predicted octanol–water partition coefficient (Wildman–Crippen LogP) is 1.72. The van der Waals surface area contributed by atoms with Crippen LogP contribution in [0, 0.1) is 11.3 Å². The third kappa shape index (κ3) is 6.35. The van der Waals surface area contributed by atoms with Crippen molar-refractivity contribution in [3.05, 3.63) is 18.2 Å². The standard InChI is InChI=1S/C18H28N6O.2ClH/c1-22-8-7-20-16(22)13-23-9-11-24(12-10-23)14-17(25)21-18(15-19)5-3-2-4-6-18;;/h7-8H,2-6,9-14H2,1H3,(H,21,25);2*1H. The van der Waals surface area contributed by atoms with Crippen LogP contribution in [0.25, 0.3) is 0 Å². The predicted molar refractivity (Wildman–Crippen MR) is 109 cm³/mol. The lowest BCUT2D eigenvalue weighted by Crippen LogP contribution is -2.54. The van der Waals surface area contributed by atoms with E-state index in [1.54, 1.807) is 0 Å². The number of carbonyl (C=O) groups is 1. The zero-order valence-corrected chi connectivity index (χ0v) is 17.5. The number of hydrogen-bond donors (Lipinski definition) is 1. The van der Waals surface area contributed by atoms with E-state index in [1.807, 2.05) is 24.0 Å². The average molecular weight is 417 g/mol. The lowest BCUT2D eigenvalue weighted by atomic mass is 9.83. The first-order valence-corrected chi connectivity index (χ1v) is 9.23. The van der Waals surface area contributed by atoms with Crippen molar-refractivity contribution in [2.75, 3.05) is 32.7 Å². The van der Waals surface area contributed by atoms with Gasteiger partial charge in [-0.15, -0.1) is 24.8 Å². The van der Waals surface area contributed by atoms with E-state index in [0.29, 0.717) is 6.54 Å². The maximum atomic E-state index is 12.4. The Labute approximate surface area is 173 Å². The van der Waals surface area contributed by atoms with Crippen molar-refractivity contribution >= 4 is 30.7 Å². The van der Waals surface area contributed by atoms with E-state index in [0.717, 1.165) is 70.7 Å². The van der Waals surface area contributed by atoms with Crippen LogP contribution in [-0.2, 0) is 18.4 Å². The molecule has 1 saturated heterocycles. The highest BCUT2D eigenvalue weighted by molar-refractivity contribution is 5.85. The molecule has 2 heterocycles. The van der Waals surface area contributed by atoms with E-state index >= 15 is 0 Å². The summed E-state index contributed by atoms with van der Waals surface area (Å²) in [6.45, 7) is 4.85. The van der Waals surface area contributed by atoms with Crippen LogP contribution in [0.15, 0.2) is 12.4 Å². The summed E-state index contributed by atoms with van der Waals surface area (Å²) in [5.74, 6) is 1.06. The molecule has 3 rings (SSSR count). The molecular weight excluding hydrogens is 387 g/mol.